The third-order valence-electron chi connectivity index (χ3n) is 5.61. The number of carbonyl (C=O) groups excluding carboxylic acids is 1. The highest BCUT2D eigenvalue weighted by molar-refractivity contribution is 7.89. The van der Waals surface area contributed by atoms with Crippen molar-refractivity contribution in [3.63, 3.8) is 0 Å². The minimum absolute atomic E-state index is 0.0141. The van der Waals surface area contributed by atoms with Crippen LogP contribution in [-0.2, 0) is 14.8 Å². The molecule has 1 aromatic carbocycles. The molecule has 1 atom stereocenters. The molecular weight excluding hydrogens is 364 g/mol. The van der Waals surface area contributed by atoms with E-state index in [0.29, 0.717) is 25.3 Å². The van der Waals surface area contributed by atoms with E-state index in [4.69, 9.17) is 4.74 Å². The fraction of sp³-hybridized carbons (Fsp3) is 0.650. The molecule has 1 aromatic rings. The minimum atomic E-state index is -3.53. The molecule has 0 spiro atoms. The van der Waals surface area contributed by atoms with Crippen LogP contribution in [0.1, 0.15) is 55.8 Å². The summed E-state index contributed by atoms with van der Waals surface area (Å²) in [7, 11) is -1.86. The number of amides is 1. The number of benzene rings is 1. The molecule has 0 radical (unpaired) electrons. The first-order valence-electron chi connectivity index (χ1n) is 9.88. The Morgan fingerprint density at radius 1 is 1.11 bits per heavy atom. The van der Waals surface area contributed by atoms with Crippen molar-refractivity contribution in [1.29, 1.82) is 0 Å². The molecular formula is C20H30N2O4S. The van der Waals surface area contributed by atoms with Crippen LogP contribution in [0.2, 0.25) is 0 Å². The zero-order valence-electron chi connectivity index (χ0n) is 16.3. The lowest BCUT2D eigenvalue weighted by Crippen LogP contribution is -2.38. The molecule has 27 heavy (non-hydrogen) atoms. The van der Waals surface area contributed by atoms with Gasteiger partial charge in [0.2, 0.25) is 10.0 Å². The SMILES string of the molecule is CC1CN(C(=O)c2ccc(S(=O)(=O)N(C)C3CCCCC3)cc2)CCCO1. The molecule has 1 unspecified atom stereocenters. The third-order valence-corrected chi connectivity index (χ3v) is 7.53. The van der Waals surface area contributed by atoms with E-state index in [1.807, 2.05) is 6.92 Å². The van der Waals surface area contributed by atoms with Crippen LogP contribution in [0.4, 0.5) is 0 Å². The monoisotopic (exact) mass is 394 g/mol. The number of rotatable bonds is 4. The van der Waals surface area contributed by atoms with Gasteiger partial charge in [0.05, 0.1) is 11.0 Å². The van der Waals surface area contributed by atoms with Crippen molar-refractivity contribution >= 4 is 15.9 Å². The van der Waals surface area contributed by atoms with Crippen molar-refractivity contribution in [2.24, 2.45) is 0 Å². The first-order chi connectivity index (χ1) is 12.9. The molecule has 2 fully saturated rings. The van der Waals surface area contributed by atoms with Gasteiger partial charge in [0, 0.05) is 38.3 Å². The molecule has 1 saturated heterocycles. The van der Waals surface area contributed by atoms with Gasteiger partial charge in [-0.3, -0.25) is 4.79 Å². The van der Waals surface area contributed by atoms with E-state index in [1.165, 1.54) is 10.7 Å². The van der Waals surface area contributed by atoms with Gasteiger partial charge in [-0.05, 0) is 50.5 Å². The van der Waals surface area contributed by atoms with E-state index in [1.54, 1.807) is 36.2 Å². The number of hydrogen-bond acceptors (Lipinski definition) is 4. The van der Waals surface area contributed by atoms with Crippen LogP contribution in [-0.4, -0.2) is 62.4 Å². The topological polar surface area (TPSA) is 66.9 Å². The van der Waals surface area contributed by atoms with Crippen LogP contribution < -0.4 is 0 Å². The maximum Gasteiger partial charge on any atom is 0.253 e. The summed E-state index contributed by atoms with van der Waals surface area (Å²) >= 11 is 0. The highest BCUT2D eigenvalue weighted by Gasteiger charge is 2.29. The number of ether oxygens (including phenoxy) is 1. The van der Waals surface area contributed by atoms with Gasteiger partial charge < -0.3 is 9.64 Å². The lowest BCUT2D eigenvalue weighted by Gasteiger charge is -2.30. The first-order valence-corrected chi connectivity index (χ1v) is 11.3. The Kier molecular flexibility index (Phi) is 6.55. The van der Waals surface area contributed by atoms with E-state index < -0.39 is 10.0 Å². The average molecular weight is 395 g/mol. The summed E-state index contributed by atoms with van der Waals surface area (Å²) in [5, 5.41) is 0. The van der Waals surface area contributed by atoms with Gasteiger partial charge in [-0.2, -0.15) is 4.31 Å². The van der Waals surface area contributed by atoms with Gasteiger partial charge in [0.15, 0.2) is 0 Å². The third kappa shape index (κ3) is 4.70. The van der Waals surface area contributed by atoms with Gasteiger partial charge in [-0.1, -0.05) is 19.3 Å². The molecule has 1 aliphatic carbocycles. The number of hydrogen-bond donors (Lipinski definition) is 0. The van der Waals surface area contributed by atoms with Gasteiger partial charge in [-0.15, -0.1) is 0 Å². The Morgan fingerprint density at radius 3 is 2.44 bits per heavy atom. The Balaban J connectivity index is 1.73. The van der Waals surface area contributed by atoms with Crippen molar-refractivity contribution in [3.05, 3.63) is 29.8 Å². The smallest absolute Gasteiger partial charge is 0.253 e. The zero-order valence-corrected chi connectivity index (χ0v) is 17.1. The lowest BCUT2D eigenvalue weighted by molar-refractivity contribution is 0.0562. The Hall–Kier alpha value is -1.44. The predicted molar refractivity (Wildman–Crippen MR) is 104 cm³/mol. The minimum Gasteiger partial charge on any atom is -0.377 e. The van der Waals surface area contributed by atoms with E-state index in [-0.39, 0.29) is 22.9 Å². The van der Waals surface area contributed by atoms with E-state index in [9.17, 15) is 13.2 Å². The molecule has 7 heteroatoms. The fourth-order valence-electron chi connectivity index (χ4n) is 3.94. The van der Waals surface area contributed by atoms with Crippen LogP contribution in [0, 0.1) is 0 Å². The number of carbonyl (C=O) groups is 1. The highest BCUT2D eigenvalue weighted by atomic mass is 32.2. The normalized spacial score (nSPS) is 22.6. The van der Waals surface area contributed by atoms with Crippen molar-refractivity contribution in [3.8, 4) is 0 Å². The summed E-state index contributed by atoms with van der Waals surface area (Å²) < 4.78 is 32.9. The van der Waals surface area contributed by atoms with Crippen LogP contribution in [0.25, 0.3) is 0 Å². The summed E-state index contributed by atoms with van der Waals surface area (Å²) in [5.74, 6) is -0.0723. The largest absolute Gasteiger partial charge is 0.377 e. The van der Waals surface area contributed by atoms with Crippen LogP contribution in [0.3, 0.4) is 0 Å². The highest BCUT2D eigenvalue weighted by Crippen LogP contribution is 2.26. The van der Waals surface area contributed by atoms with Gasteiger partial charge in [0.25, 0.3) is 5.91 Å². The molecule has 1 saturated carbocycles. The van der Waals surface area contributed by atoms with Crippen LogP contribution in [0.5, 0.6) is 0 Å². The van der Waals surface area contributed by atoms with Crippen molar-refractivity contribution in [2.75, 3.05) is 26.7 Å². The summed E-state index contributed by atoms with van der Waals surface area (Å²) in [6, 6.07) is 6.43. The van der Waals surface area contributed by atoms with Crippen molar-refractivity contribution in [1.82, 2.24) is 9.21 Å². The summed E-state index contributed by atoms with van der Waals surface area (Å²) in [5.41, 5.74) is 0.517. The molecule has 150 valence electrons. The molecule has 1 aliphatic heterocycles. The number of nitrogens with zero attached hydrogens (tertiary/aromatic N) is 2. The molecule has 2 aliphatic rings. The molecule has 3 rings (SSSR count). The maximum absolute atomic E-state index is 12.9. The maximum atomic E-state index is 12.9. The van der Waals surface area contributed by atoms with Gasteiger partial charge in [0.1, 0.15) is 0 Å². The second kappa shape index (κ2) is 8.71. The standard InChI is InChI=1S/C20H30N2O4S/c1-16-15-22(13-6-14-26-16)20(23)17-9-11-19(12-10-17)27(24,25)21(2)18-7-4-3-5-8-18/h9-12,16,18H,3-8,13-15H2,1-2H3. The summed E-state index contributed by atoms with van der Waals surface area (Å²) in [6.07, 6.45) is 6.01. The van der Waals surface area contributed by atoms with Crippen LogP contribution >= 0.6 is 0 Å². The second-order valence-corrected chi connectivity index (χ2v) is 9.62. The zero-order chi connectivity index (χ0) is 19.4. The lowest BCUT2D eigenvalue weighted by atomic mass is 9.96. The molecule has 1 heterocycles. The van der Waals surface area contributed by atoms with Crippen LogP contribution in [0.15, 0.2) is 29.2 Å². The molecule has 6 nitrogen and oxygen atoms in total. The Morgan fingerprint density at radius 2 is 1.78 bits per heavy atom. The molecule has 0 N–H and O–H groups in total. The average Bonchev–Trinajstić information content (AvgIpc) is 2.92. The van der Waals surface area contributed by atoms with E-state index >= 15 is 0 Å². The predicted octanol–water partition coefficient (Wildman–Crippen LogP) is 2.89. The Bertz CT molecular complexity index is 742. The molecule has 0 bridgehead atoms. The summed E-state index contributed by atoms with van der Waals surface area (Å²) in [4.78, 5) is 14.8. The fourth-order valence-corrected chi connectivity index (χ4v) is 5.35. The quantitative estimate of drug-likeness (QED) is 0.788. The Labute approximate surface area is 162 Å². The molecule has 1 amide bonds. The van der Waals surface area contributed by atoms with Gasteiger partial charge >= 0.3 is 0 Å². The van der Waals surface area contributed by atoms with E-state index in [2.05, 4.69) is 0 Å². The van der Waals surface area contributed by atoms with Gasteiger partial charge in [-0.25, -0.2) is 8.42 Å². The van der Waals surface area contributed by atoms with Crippen molar-refractivity contribution < 1.29 is 17.9 Å². The van der Waals surface area contributed by atoms with Crippen molar-refractivity contribution in [2.45, 2.75) is 62.5 Å². The second-order valence-electron chi connectivity index (χ2n) is 7.62. The number of sulfonamides is 1. The van der Waals surface area contributed by atoms with E-state index in [0.717, 1.165) is 32.1 Å². The summed E-state index contributed by atoms with van der Waals surface area (Å²) in [6.45, 7) is 3.84. The molecule has 0 aromatic heterocycles. The first kappa shape index (κ1) is 20.3.